The van der Waals surface area contributed by atoms with Gasteiger partial charge >= 0.3 is 5.97 Å². The number of esters is 1. The molecule has 4 rings (SSSR count). The minimum absolute atomic E-state index is 0.00412. The van der Waals surface area contributed by atoms with Gasteiger partial charge in [0.1, 0.15) is 17.2 Å². The van der Waals surface area contributed by atoms with E-state index in [4.69, 9.17) is 9.15 Å². The SMILES string of the molecule is CCN(CC)c1ccc(/C=C(\NC(=O)c2ccccc2)C(=O)N/N=C/c2cc(Br)ccc2OC(=O)/C=C/c2ccco2)cc1. The summed E-state index contributed by atoms with van der Waals surface area (Å²) in [5.74, 6) is -0.983. The summed E-state index contributed by atoms with van der Waals surface area (Å²) in [5.41, 5.74) is 5.04. The number of anilines is 1. The van der Waals surface area contributed by atoms with E-state index in [1.165, 1.54) is 24.6 Å². The zero-order valence-corrected chi connectivity index (χ0v) is 25.8. The van der Waals surface area contributed by atoms with Gasteiger partial charge in [0, 0.05) is 40.5 Å². The maximum absolute atomic E-state index is 13.3. The topological polar surface area (TPSA) is 113 Å². The van der Waals surface area contributed by atoms with Crippen LogP contribution >= 0.6 is 15.9 Å². The molecular formula is C34H31BrN4O5. The molecule has 1 aromatic heterocycles. The molecule has 4 aromatic rings. The van der Waals surface area contributed by atoms with Crippen LogP contribution in [0.3, 0.4) is 0 Å². The summed E-state index contributed by atoms with van der Waals surface area (Å²) >= 11 is 3.40. The summed E-state index contributed by atoms with van der Waals surface area (Å²) in [6, 6.07) is 24.7. The second-order valence-electron chi connectivity index (χ2n) is 9.29. The molecule has 0 unspecified atom stereocenters. The fourth-order valence-electron chi connectivity index (χ4n) is 4.09. The lowest BCUT2D eigenvalue weighted by atomic mass is 10.1. The predicted octanol–water partition coefficient (Wildman–Crippen LogP) is 6.43. The highest BCUT2D eigenvalue weighted by molar-refractivity contribution is 9.10. The standard InChI is InChI=1S/C34H31BrN4O5/c1-3-39(4-2)28-15-12-24(13-16-28)21-30(37-33(41)25-9-6-5-7-10-25)34(42)38-36-23-26-22-27(35)14-18-31(26)44-32(40)19-17-29-11-8-20-43-29/h5-23H,3-4H2,1-2H3,(H,37,41)(H,38,42)/b19-17+,30-21-,36-23+. The normalized spacial score (nSPS) is 11.5. The van der Waals surface area contributed by atoms with Crippen LogP contribution in [0.2, 0.25) is 0 Å². The maximum atomic E-state index is 13.3. The van der Waals surface area contributed by atoms with Gasteiger partial charge in [-0.2, -0.15) is 5.10 Å². The van der Waals surface area contributed by atoms with E-state index in [-0.39, 0.29) is 11.4 Å². The highest BCUT2D eigenvalue weighted by Crippen LogP contribution is 2.22. The van der Waals surface area contributed by atoms with Crippen molar-refractivity contribution in [2.45, 2.75) is 13.8 Å². The van der Waals surface area contributed by atoms with Gasteiger partial charge < -0.3 is 19.4 Å². The van der Waals surface area contributed by atoms with Crippen LogP contribution in [-0.2, 0) is 9.59 Å². The minimum atomic E-state index is -0.645. The molecular weight excluding hydrogens is 624 g/mol. The number of ether oxygens (including phenoxy) is 1. The molecule has 3 aromatic carbocycles. The van der Waals surface area contributed by atoms with Crippen molar-refractivity contribution in [2.24, 2.45) is 5.10 Å². The molecule has 0 aliphatic carbocycles. The number of benzene rings is 3. The van der Waals surface area contributed by atoms with Crippen LogP contribution in [0.25, 0.3) is 12.2 Å². The van der Waals surface area contributed by atoms with Crippen LogP contribution in [-0.4, -0.2) is 37.1 Å². The summed E-state index contributed by atoms with van der Waals surface area (Å²) in [7, 11) is 0. The third-order valence-electron chi connectivity index (χ3n) is 6.34. The van der Waals surface area contributed by atoms with E-state index in [0.29, 0.717) is 26.9 Å². The van der Waals surface area contributed by atoms with Gasteiger partial charge in [0.05, 0.1) is 12.5 Å². The molecule has 0 bridgehead atoms. The average molecular weight is 656 g/mol. The molecule has 0 atom stereocenters. The van der Waals surface area contributed by atoms with Crippen molar-refractivity contribution in [3.8, 4) is 5.75 Å². The van der Waals surface area contributed by atoms with Gasteiger partial charge in [0.2, 0.25) is 0 Å². The molecule has 0 aliphatic rings. The summed E-state index contributed by atoms with van der Waals surface area (Å²) in [6.07, 6.45) is 7.15. The van der Waals surface area contributed by atoms with Crippen LogP contribution in [0.15, 0.2) is 117 Å². The van der Waals surface area contributed by atoms with Gasteiger partial charge in [-0.1, -0.05) is 46.3 Å². The highest BCUT2D eigenvalue weighted by atomic mass is 79.9. The highest BCUT2D eigenvalue weighted by Gasteiger charge is 2.15. The quantitative estimate of drug-likeness (QED) is 0.0599. The zero-order chi connectivity index (χ0) is 31.3. The first kappa shape index (κ1) is 31.7. The third-order valence-corrected chi connectivity index (χ3v) is 6.83. The average Bonchev–Trinajstić information content (AvgIpc) is 3.56. The Hall–Kier alpha value is -5.22. The molecule has 9 nitrogen and oxygen atoms in total. The van der Waals surface area contributed by atoms with Crippen molar-refractivity contribution in [3.63, 3.8) is 0 Å². The number of halogens is 1. The van der Waals surface area contributed by atoms with E-state index < -0.39 is 17.8 Å². The van der Waals surface area contributed by atoms with Crippen LogP contribution in [0.5, 0.6) is 5.75 Å². The van der Waals surface area contributed by atoms with Crippen molar-refractivity contribution in [2.75, 3.05) is 18.0 Å². The fourth-order valence-corrected chi connectivity index (χ4v) is 4.47. The molecule has 1 heterocycles. The number of nitrogens with one attached hydrogen (secondary N) is 2. The Morgan fingerprint density at radius 2 is 1.70 bits per heavy atom. The van der Waals surface area contributed by atoms with E-state index in [0.717, 1.165) is 18.8 Å². The molecule has 0 radical (unpaired) electrons. The number of nitrogens with zero attached hydrogens (tertiary/aromatic N) is 2. The first-order valence-corrected chi connectivity index (χ1v) is 14.6. The number of furan rings is 1. The first-order valence-electron chi connectivity index (χ1n) is 13.9. The first-order chi connectivity index (χ1) is 21.4. The minimum Gasteiger partial charge on any atom is -0.465 e. The lowest BCUT2D eigenvalue weighted by Gasteiger charge is -2.21. The van der Waals surface area contributed by atoms with Crippen molar-refractivity contribution >= 4 is 57.8 Å². The number of hydrogen-bond acceptors (Lipinski definition) is 7. The molecule has 10 heteroatoms. The maximum Gasteiger partial charge on any atom is 0.336 e. The van der Waals surface area contributed by atoms with Crippen molar-refractivity contribution in [1.29, 1.82) is 0 Å². The van der Waals surface area contributed by atoms with E-state index >= 15 is 0 Å². The van der Waals surface area contributed by atoms with E-state index in [1.807, 2.05) is 24.3 Å². The Balaban J connectivity index is 1.52. The molecule has 44 heavy (non-hydrogen) atoms. The molecule has 0 spiro atoms. The van der Waals surface area contributed by atoms with Gasteiger partial charge in [-0.25, -0.2) is 10.2 Å². The van der Waals surface area contributed by atoms with Crippen molar-refractivity contribution < 1.29 is 23.5 Å². The Labute approximate surface area is 264 Å². The van der Waals surface area contributed by atoms with E-state index in [1.54, 1.807) is 66.7 Å². The number of hydrogen-bond donors (Lipinski definition) is 2. The van der Waals surface area contributed by atoms with Crippen LogP contribution in [0, 0.1) is 0 Å². The van der Waals surface area contributed by atoms with Gasteiger partial charge in [0.25, 0.3) is 11.8 Å². The van der Waals surface area contributed by atoms with Gasteiger partial charge in [-0.3, -0.25) is 9.59 Å². The molecule has 224 valence electrons. The molecule has 0 saturated carbocycles. The van der Waals surface area contributed by atoms with E-state index in [2.05, 4.69) is 50.5 Å². The smallest absolute Gasteiger partial charge is 0.336 e. The Morgan fingerprint density at radius 1 is 0.955 bits per heavy atom. The van der Waals surface area contributed by atoms with Gasteiger partial charge in [0.15, 0.2) is 0 Å². The summed E-state index contributed by atoms with van der Waals surface area (Å²) < 4.78 is 11.4. The van der Waals surface area contributed by atoms with Gasteiger partial charge in [-0.05, 0) is 86.2 Å². The molecule has 2 N–H and O–H groups in total. The second kappa shape index (κ2) is 15.9. The number of amides is 2. The van der Waals surface area contributed by atoms with Crippen LogP contribution < -0.4 is 20.4 Å². The number of hydrazone groups is 1. The van der Waals surface area contributed by atoms with Crippen molar-refractivity contribution in [3.05, 3.63) is 130 Å². The predicted molar refractivity (Wildman–Crippen MR) is 175 cm³/mol. The van der Waals surface area contributed by atoms with E-state index in [9.17, 15) is 14.4 Å². The molecule has 0 fully saturated rings. The Kier molecular flexibility index (Phi) is 11.4. The monoisotopic (exact) mass is 654 g/mol. The number of carbonyl (C=O) groups excluding carboxylic acids is 3. The fraction of sp³-hybridized carbons (Fsp3) is 0.118. The van der Waals surface area contributed by atoms with Crippen LogP contribution in [0.1, 0.15) is 41.1 Å². The van der Waals surface area contributed by atoms with Crippen molar-refractivity contribution in [1.82, 2.24) is 10.7 Å². The Bertz CT molecular complexity index is 1660. The van der Waals surface area contributed by atoms with Gasteiger partial charge in [-0.15, -0.1) is 0 Å². The summed E-state index contributed by atoms with van der Waals surface area (Å²) in [4.78, 5) is 40.8. The molecule has 2 amide bonds. The summed E-state index contributed by atoms with van der Waals surface area (Å²) in [6.45, 7) is 5.90. The molecule has 0 saturated heterocycles. The van der Waals surface area contributed by atoms with Crippen LogP contribution in [0.4, 0.5) is 5.69 Å². The second-order valence-corrected chi connectivity index (χ2v) is 10.2. The largest absolute Gasteiger partial charge is 0.465 e. The summed E-state index contributed by atoms with van der Waals surface area (Å²) in [5, 5.41) is 6.77. The number of rotatable bonds is 12. The molecule has 0 aliphatic heterocycles. The lowest BCUT2D eigenvalue weighted by molar-refractivity contribution is -0.129. The lowest BCUT2D eigenvalue weighted by Crippen LogP contribution is -2.32. The third kappa shape index (κ3) is 9.14. The zero-order valence-electron chi connectivity index (χ0n) is 24.2. The number of carbonyl (C=O) groups is 3. The Morgan fingerprint density at radius 3 is 2.39 bits per heavy atom.